The number of hydrogen-bond donors (Lipinski definition) is 3. The molecular formula is C9H24N4Zn+2. The van der Waals surface area contributed by atoms with Crippen LogP contribution in [0.25, 0.3) is 0 Å². The van der Waals surface area contributed by atoms with Gasteiger partial charge in [-0.3, -0.25) is 0 Å². The number of hydrogen-bond acceptors (Lipinski definition) is 4. The van der Waals surface area contributed by atoms with Crippen LogP contribution in [0.15, 0.2) is 0 Å². The second kappa shape index (κ2) is 13.5. The predicted molar refractivity (Wildman–Crippen MR) is 57.5 cm³/mol. The van der Waals surface area contributed by atoms with Crippen molar-refractivity contribution < 1.29 is 19.5 Å². The molecule has 5 heteroatoms. The summed E-state index contributed by atoms with van der Waals surface area (Å²) in [4.78, 5) is 2.40. The van der Waals surface area contributed by atoms with Gasteiger partial charge in [0.2, 0.25) is 0 Å². The first-order valence-corrected chi connectivity index (χ1v) is 5.17. The van der Waals surface area contributed by atoms with E-state index in [-0.39, 0.29) is 19.5 Å². The van der Waals surface area contributed by atoms with Gasteiger partial charge in [0.15, 0.2) is 0 Å². The zero-order chi connectivity index (χ0) is 9.94. The second-order valence-corrected chi connectivity index (χ2v) is 3.27. The van der Waals surface area contributed by atoms with Gasteiger partial charge in [0.25, 0.3) is 0 Å². The first-order valence-electron chi connectivity index (χ1n) is 5.17. The molecule has 0 fully saturated rings. The van der Waals surface area contributed by atoms with Gasteiger partial charge in [0.05, 0.1) is 0 Å². The molecule has 0 aliphatic carbocycles. The van der Waals surface area contributed by atoms with Crippen LogP contribution in [0.3, 0.4) is 0 Å². The molecular weight excluding hydrogens is 230 g/mol. The molecule has 0 aromatic rings. The molecule has 14 heavy (non-hydrogen) atoms. The molecule has 0 saturated heterocycles. The van der Waals surface area contributed by atoms with E-state index in [0.717, 1.165) is 58.5 Å². The van der Waals surface area contributed by atoms with Gasteiger partial charge in [-0.05, 0) is 58.5 Å². The van der Waals surface area contributed by atoms with Crippen molar-refractivity contribution in [2.45, 2.75) is 19.3 Å². The van der Waals surface area contributed by atoms with Crippen LogP contribution >= 0.6 is 0 Å². The van der Waals surface area contributed by atoms with Crippen molar-refractivity contribution in [1.29, 1.82) is 0 Å². The molecule has 80 valence electrons. The van der Waals surface area contributed by atoms with Crippen LogP contribution in [-0.4, -0.2) is 44.2 Å². The van der Waals surface area contributed by atoms with Crippen LogP contribution in [0.5, 0.6) is 0 Å². The van der Waals surface area contributed by atoms with E-state index in [4.69, 9.17) is 17.2 Å². The van der Waals surface area contributed by atoms with Gasteiger partial charge >= 0.3 is 19.5 Å². The van der Waals surface area contributed by atoms with Gasteiger partial charge in [-0.15, -0.1) is 0 Å². The maximum absolute atomic E-state index is 5.46. The van der Waals surface area contributed by atoms with Gasteiger partial charge in [-0.2, -0.15) is 0 Å². The molecule has 0 atom stereocenters. The minimum atomic E-state index is 0. The fourth-order valence-corrected chi connectivity index (χ4v) is 1.28. The molecule has 0 aromatic carbocycles. The number of nitrogens with two attached hydrogens (primary N) is 3. The molecule has 0 bridgehead atoms. The monoisotopic (exact) mass is 252 g/mol. The quantitative estimate of drug-likeness (QED) is 0.476. The van der Waals surface area contributed by atoms with Crippen molar-refractivity contribution >= 4 is 0 Å². The van der Waals surface area contributed by atoms with Crippen molar-refractivity contribution in [2.24, 2.45) is 17.2 Å². The van der Waals surface area contributed by atoms with Crippen LogP contribution in [0.2, 0.25) is 0 Å². The maximum Gasteiger partial charge on any atom is 2.00 e. The van der Waals surface area contributed by atoms with Crippen LogP contribution < -0.4 is 17.2 Å². The molecule has 0 radical (unpaired) electrons. The van der Waals surface area contributed by atoms with Gasteiger partial charge < -0.3 is 22.1 Å². The van der Waals surface area contributed by atoms with Crippen molar-refractivity contribution in [3.05, 3.63) is 0 Å². The summed E-state index contributed by atoms with van der Waals surface area (Å²) in [7, 11) is 0. The Morgan fingerprint density at radius 2 is 0.929 bits per heavy atom. The Bertz CT molecular complexity index is 83.8. The third-order valence-electron chi connectivity index (χ3n) is 2.04. The summed E-state index contributed by atoms with van der Waals surface area (Å²) in [6, 6.07) is 0. The Labute approximate surface area is 100 Å². The smallest absolute Gasteiger partial charge is 0.330 e. The van der Waals surface area contributed by atoms with Crippen LogP contribution in [0, 0.1) is 0 Å². The van der Waals surface area contributed by atoms with E-state index in [1.54, 1.807) is 0 Å². The molecule has 0 unspecified atom stereocenters. The van der Waals surface area contributed by atoms with Crippen molar-refractivity contribution in [2.75, 3.05) is 39.3 Å². The minimum absolute atomic E-state index is 0. The maximum atomic E-state index is 5.46. The van der Waals surface area contributed by atoms with E-state index in [2.05, 4.69) is 4.90 Å². The molecule has 0 amide bonds. The summed E-state index contributed by atoms with van der Waals surface area (Å²) in [6.07, 6.45) is 3.19. The molecule has 6 N–H and O–H groups in total. The largest absolute Gasteiger partial charge is 2.00 e. The molecule has 4 nitrogen and oxygen atoms in total. The molecule has 0 aliphatic heterocycles. The molecule has 0 rings (SSSR count). The van der Waals surface area contributed by atoms with Gasteiger partial charge in [-0.25, -0.2) is 0 Å². The molecule has 0 saturated carbocycles. The van der Waals surface area contributed by atoms with E-state index in [9.17, 15) is 0 Å². The van der Waals surface area contributed by atoms with Gasteiger partial charge in [-0.1, -0.05) is 0 Å². The fraction of sp³-hybridized carbons (Fsp3) is 1.00. The molecule has 0 heterocycles. The van der Waals surface area contributed by atoms with Gasteiger partial charge in [0, 0.05) is 0 Å². The SMILES string of the molecule is NCCCN(CCCN)CCCN.[Zn+2]. The summed E-state index contributed by atoms with van der Waals surface area (Å²) in [5, 5.41) is 0. The van der Waals surface area contributed by atoms with E-state index >= 15 is 0 Å². The third kappa shape index (κ3) is 10.5. The van der Waals surface area contributed by atoms with E-state index in [1.165, 1.54) is 0 Å². The third-order valence-corrected chi connectivity index (χ3v) is 2.04. The number of nitrogens with zero attached hydrogens (tertiary/aromatic N) is 1. The Kier molecular flexibility index (Phi) is 16.2. The van der Waals surface area contributed by atoms with Crippen molar-refractivity contribution in [1.82, 2.24) is 4.90 Å². The normalized spacial score (nSPS) is 10.3. The topological polar surface area (TPSA) is 81.3 Å². The molecule has 0 aromatic heterocycles. The van der Waals surface area contributed by atoms with Crippen LogP contribution in [0.1, 0.15) is 19.3 Å². The Balaban J connectivity index is 0. The Morgan fingerprint density at radius 3 is 1.14 bits per heavy atom. The van der Waals surface area contributed by atoms with Crippen LogP contribution in [-0.2, 0) is 19.5 Å². The first kappa shape index (κ1) is 16.9. The zero-order valence-corrected chi connectivity index (χ0v) is 12.2. The second-order valence-electron chi connectivity index (χ2n) is 3.27. The van der Waals surface area contributed by atoms with Crippen LogP contribution in [0.4, 0.5) is 0 Å². The summed E-state index contributed by atoms with van der Waals surface area (Å²) in [5.74, 6) is 0. The van der Waals surface area contributed by atoms with Crippen molar-refractivity contribution in [3.63, 3.8) is 0 Å². The minimum Gasteiger partial charge on any atom is -0.330 e. The standard InChI is InChI=1S/C9H24N4.Zn/c10-4-1-7-13(8-2-5-11)9-3-6-12;/h1-12H2;/q;+2. The summed E-state index contributed by atoms with van der Waals surface area (Å²) in [6.45, 7) is 5.54. The van der Waals surface area contributed by atoms with Gasteiger partial charge in [0.1, 0.15) is 0 Å². The summed E-state index contributed by atoms with van der Waals surface area (Å²) < 4.78 is 0. The average Bonchev–Trinajstić information content (AvgIpc) is 2.17. The molecule has 0 spiro atoms. The Morgan fingerprint density at radius 1 is 0.643 bits per heavy atom. The van der Waals surface area contributed by atoms with Crippen molar-refractivity contribution in [3.8, 4) is 0 Å². The summed E-state index contributed by atoms with van der Waals surface area (Å²) >= 11 is 0. The number of rotatable bonds is 9. The van der Waals surface area contributed by atoms with E-state index in [1.807, 2.05) is 0 Å². The first-order chi connectivity index (χ1) is 6.35. The fourth-order valence-electron chi connectivity index (χ4n) is 1.28. The average molecular weight is 254 g/mol. The predicted octanol–water partition coefficient (Wildman–Crippen LogP) is -0.668. The Hall–Kier alpha value is 0.463. The summed E-state index contributed by atoms with van der Waals surface area (Å²) in [5.41, 5.74) is 16.4. The van der Waals surface area contributed by atoms with E-state index in [0.29, 0.717) is 0 Å². The zero-order valence-electron chi connectivity index (χ0n) is 9.25. The molecule has 0 aliphatic rings. The van der Waals surface area contributed by atoms with E-state index < -0.39 is 0 Å².